The molecule has 0 saturated carbocycles. The lowest BCUT2D eigenvalue weighted by Crippen LogP contribution is -2.08. The minimum Gasteiger partial charge on any atom is -0.0622 e. The van der Waals surface area contributed by atoms with E-state index >= 15 is 0 Å². The van der Waals surface area contributed by atoms with E-state index in [9.17, 15) is 0 Å². The number of rotatable bonds is 10. The molecule has 238 valence electrons. The Balaban J connectivity index is 1.15. The highest BCUT2D eigenvalue weighted by atomic mass is 28.2. The third-order valence-corrected chi connectivity index (χ3v) is 12.1. The van der Waals surface area contributed by atoms with Gasteiger partial charge in [-0.2, -0.15) is 0 Å². The summed E-state index contributed by atoms with van der Waals surface area (Å²) in [6, 6.07) is 56.4. The first-order chi connectivity index (χ1) is 24.2. The van der Waals surface area contributed by atoms with Crippen LogP contribution in [0.3, 0.4) is 0 Å². The Morgan fingerprint density at radius 3 is 1.22 bits per heavy atom. The van der Waals surface area contributed by atoms with Crippen molar-refractivity contribution in [1.82, 2.24) is 0 Å². The van der Waals surface area contributed by atoms with E-state index in [2.05, 4.69) is 172 Å². The number of fused-ring (bicyclic) bond motifs is 2. The number of aryl methyl sites for hydroxylation is 2. The van der Waals surface area contributed by atoms with Gasteiger partial charge in [-0.25, -0.2) is 0 Å². The molecule has 0 bridgehead atoms. The molecular formula is C48H42Si. The zero-order valence-electron chi connectivity index (χ0n) is 28.5. The molecule has 49 heavy (non-hydrogen) atoms. The maximum atomic E-state index is 2.51. The Morgan fingerprint density at radius 1 is 0.408 bits per heavy atom. The van der Waals surface area contributed by atoms with Gasteiger partial charge >= 0.3 is 0 Å². The highest BCUT2D eigenvalue weighted by Gasteiger charge is 2.31. The van der Waals surface area contributed by atoms with Crippen molar-refractivity contribution < 1.29 is 0 Å². The topological polar surface area (TPSA) is 0 Å². The van der Waals surface area contributed by atoms with Gasteiger partial charge in [-0.3, -0.25) is 0 Å². The largest absolute Gasteiger partial charge is 0.0622 e. The lowest BCUT2D eigenvalue weighted by atomic mass is 9.89. The van der Waals surface area contributed by atoms with E-state index in [1.807, 2.05) is 0 Å². The molecule has 2 radical (unpaired) electrons. The van der Waals surface area contributed by atoms with Gasteiger partial charge in [-0.05, 0) is 103 Å². The Bertz CT molecular complexity index is 2010. The van der Waals surface area contributed by atoms with Crippen LogP contribution in [0.4, 0.5) is 0 Å². The summed E-state index contributed by atoms with van der Waals surface area (Å²) in [5.74, 6) is 0.773. The van der Waals surface area contributed by atoms with Gasteiger partial charge in [0.05, 0.1) is 0 Å². The minimum absolute atomic E-state index is 0.386. The van der Waals surface area contributed by atoms with E-state index in [-0.39, 0.29) is 0 Å². The van der Waals surface area contributed by atoms with Crippen LogP contribution in [0.15, 0.2) is 146 Å². The van der Waals surface area contributed by atoms with Crippen LogP contribution in [-0.4, -0.2) is 9.52 Å². The summed E-state index contributed by atoms with van der Waals surface area (Å²) >= 11 is 0. The summed E-state index contributed by atoms with van der Waals surface area (Å²) in [5.41, 5.74) is 19.7. The molecule has 6 aromatic rings. The van der Waals surface area contributed by atoms with Gasteiger partial charge in [0.15, 0.2) is 0 Å². The van der Waals surface area contributed by atoms with E-state index in [1.54, 1.807) is 0 Å². The first-order valence-electron chi connectivity index (χ1n) is 17.9. The fourth-order valence-corrected chi connectivity index (χ4v) is 9.86. The summed E-state index contributed by atoms with van der Waals surface area (Å²) < 4.78 is 0. The molecule has 0 aliphatic heterocycles. The lowest BCUT2D eigenvalue weighted by molar-refractivity contribution is 0.954. The van der Waals surface area contributed by atoms with E-state index in [1.165, 1.54) is 77.9 Å². The molecule has 8 rings (SSSR count). The molecule has 0 aromatic heterocycles. The van der Waals surface area contributed by atoms with Crippen LogP contribution >= 0.6 is 0 Å². The third-order valence-electron chi connectivity index (χ3n) is 10.7. The zero-order chi connectivity index (χ0) is 33.2. The lowest BCUT2D eigenvalue weighted by Gasteiger charge is -2.21. The van der Waals surface area contributed by atoms with Crippen molar-refractivity contribution in [3.63, 3.8) is 0 Å². The van der Waals surface area contributed by atoms with Crippen molar-refractivity contribution in [2.75, 3.05) is 0 Å². The molecular weight excluding hydrogens is 605 g/mol. The molecule has 0 fully saturated rings. The summed E-state index contributed by atoms with van der Waals surface area (Å²) in [5, 5.41) is 0. The molecule has 0 spiro atoms. The fourth-order valence-electron chi connectivity index (χ4n) is 8.24. The molecule has 1 heteroatoms. The monoisotopic (exact) mass is 646 g/mol. The quantitative estimate of drug-likeness (QED) is 0.130. The molecule has 2 unspecified atom stereocenters. The molecule has 2 aliphatic rings. The third kappa shape index (κ3) is 5.87. The summed E-state index contributed by atoms with van der Waals surface area (Å²) in [7, 11) is 0.826. The van der Waals surface area contributed by atoms with E-state index in [4.69, 9.17) is 0 Å². The zero-order valence-corrected chi connectivity index (χ0v) is 29.5. The van der Waals surface area contributed by atoms with Crippen LogP contribution in [0.25, 0.3) is 45.6 Å². The van der Waals surface area contributed by atoms with Crippen LogP contribution in [0.2, 0.25) is 12.1 Å². The van der Waals surface area contributed by atoms with Crippen LogP contribution in [0, 0.1) is 0 Å². The highest BCUT2D eigenvalue weighted by molar-refractivity contribution is 6.37. The fraction of sp³-hybridized carbons (Fsp3) is 0.167. The van der Waals surface area contributed by atoms with Gasteiger partial charge in [-0.1, -0.05) is 172 Å². The van der Waals surface area contributed by atoms with E-state index in [0.717, 1.165) is 34.4 Å². The van der Waals surface area contributed by atoms with Gasteiger partial charge in [0.1, 0.15) is 0 Å². The van der Waals surface area contributed by atoms with Crippen molar-refractivity contribution in [3.8, 4) is 22.3 Å². The highest BCUT2D eigenvalue weighted by Crippen LogP contribution is 2.50. The maximum absolute atomic E-state index is 2.51. The first-order valence-corrected chi connectivity index (χ1v) is 19.3. The smallest absolute Gasteiger partial charge is 0.0397 e. The second-order valence-electron chi connectivity index (χ2n) is 13.3. The van der Waals surface area contributed by atoms with Crippen LogP contribution in [-0.2, 0) is 12.8 Å². The molecule has 0 heterocycles. The Hall–Kier alpha value is -4.98. The van der Waals surface area contributed by atoms with Gasteiger partial charge in [0.25, 0.3) is 0 Å². The van der Waals surface area contributed by atoms with E-state index < -0.39 is 0 Å². The summed E-state index contributed by atoms with van der Waals surface area (Å²) in [6.45, 7) is 4.53. The predicted octanol–water partition coefficient (Wildman–Crippen LogP) is 12.7. The molecule has 0 N–H and O–H groups in total. The molecule has 2 aliphatic carbocycles. The van der Waals surface area contributed by atoms with Crippen molar-refractivity contribution in [2.24, 2.45) is 0 Å². The predicted molar refractivity (Wildman–Crippen MR) is 212 cm³/mol. The standard InChI is InChI=1S/C48H42Si/c1-3-33-17-11-13-23-37(33)39-25-15-27-41-45(39)29-43(35-19-7-5-8-20-35)47(41)31-49-32-48-42-28-16-26-40(38-24-14-12-18-34(38)4-2)46(42)30-44(48)36-21-9-6-10-22-36/h5-30,47-48H,3-4,31-32H2,1-2H3. The van der Waals surface area contributed by atoms with Crippen LogP contribution < -0.4 is 0 Å². The maximum Gasteiger partial charge on any atom is 0.0397 e. The van der Waals surface area contributed by atoms with Crippen molar-refractivity contribution in [1.29, 1.82) is 0 Å². The molecule has 0 saturated heterocycles. The van der Waals surface area contributed by atoms with Crippen molar-refractivity contribution in [3.05, 3.63) is 190 Å². The van der Waals surface area contributed by atoms with E-state index in [0.29, 0.717) is 11.8 Å². The second-order valence-corrected chi connectivity index (χ2v) is 14.6. The Morgan fingerprint density at radius 2 is 0.796 bits per heavy atom. The average Bonchev–Trinajstić information content (AvgIpc) is 3.74. The normalized spacial score (nSPS) is 16.2. The average molecular weight is 647 g/mol. The van der Waals surface area contributed by atoms with Crippen LogP contribution in [0.5, 0.6) is 0 Å². The second kappa shape index (κ2) is 13.9. The van der Waals surface area contributed by atoms with Crippen molar-refractivity contribution in [2.45, 2.75) is 50.6 Å². The van der Waals surface area contributed by atoms with Crippen molar-refractivity contribution >= 4 is 32.8 Å². The molecule has 2 atom stereocenters. The van der Waals surface area contributed by atoms with Gasteiger partial charge in [0, 0.05) is 21.4 Å². The number of benzene rings is 6. The number of hydrogen-bond acceptors (Lipinski definition) is 0. The minimum atomic E-state index is 0.386. The SMILES string of the molecule is CCc1ccccc1-c1cccc2c1C=C(c1ccccc1)C2C[Si]CC1C(c2ccccc2)=Cc2c(-c3ccccc3CC)cccc21. The molecule has 6 aromatic carbocycles. The molecule has 0 amide bonds. The Kier molecular flexibility index (Phi) is 8.85. The molecule has 0 nitrogen and oxygen atoms in total. The van der Waals surface area contributed by atoms with Crippen LogP contribution in [0.1, 0.15) is 70.2 Å². The summed E-state index contributed by atoms with van der Waals surface area (Å²) in [6.07, 6.45) is 7.09. The Labute approximate surface area is 294 Å². The van der Waals surface area contributed by atoms with Gasteiger partial charge in [-0.15, -0.1) is 0 Å². The number of allylic oxidation sites excluding steroid dienone is 2. The van der Waals surface area contributed by atoms with Gasteiger partial charge in [0.2, 0.25) is 0 Å². The number of hydrogen-bond donors (Lipinski definition) is 0. The summed E-state index contributed by atoms with van der Waals surface area (Å²) in [4.78, 5) is 0. The first kappa shape index (κ1) is 31.3. The van der Waals surface area contributed by atoms with Gasteiger partial charge < -0.3 is 0 Å².